The van der Waals surface area contributed by atoms with Crippen molar-refractivity contribution in [3.8, 4) is 0 Å². The van der Waals surface area contributed by atoms with Gasteiger partial charge in [0.05, 0.1) is 21.6 Å². The molecular weight excluding hydrogens is 326 g/mol. The molecule has 2 aromatic carbocycles. The average Bonchev–Trinajstić information content (AvgIpc) is 2.59. The predicted molar refractivity (Wildman–Crippen MR) is 94.2 cm³/mol. The molecule has 0 aromatic heterocycles. The van der Waals surface area contributed by atoms with Crippen LogP contribution in [0.15, 0.2) is 41.5 Å². The van der Waals surface area contributed by atoms with Gasteiger partial charge >= 0.3 is 5.69 Å². The van der Waals surface area contributed by atoms with Crippen molar-refractivity contribution in [3.05, 3.63) is 67.8 Å². The molecule has 0 saturated heterocycles. The Bertz CT molecular complexity index is 894. The predicted octanol–water partition coefficient (Wildman–Crippen LogP) is 3.44. The van der Waals surface area contributed by atoms with Crippen molar-refractivity contribution >= 4 is 28.5 Å². The Labute approximate surface area is 142 Å². The normalized spacial score (nSPS) is 14.5. The van der Waals surface area contributed by atoms with E-state index in [0.717, 1.165) is 28.6 Å². The Hall–Kier alpha value is -3.49. The molecule has 2 aromatic rings. The second kappa shape index (κ2) is 6.56. The number of nitro groups is 2. The molecule has 0 atom stereocenters. The number of nitro benzene ring substituents is 2. The van der Waals surface area contributed by atoms with E-state index in [1.807, 2.05) is 25.1 Å². The van der Waals surface area contributed by atoms with E-state index in [0.29, 0.717) is 13.0 Å². The Kier molecular flexibility index (Phi) is 4.29. The second-order valence-corrected chi connectivity index (χ2v) is 5.61. The molecule has 0 saturated carbocycles. The Morgan fingerprint density at radius 3 is 2.64 bits per heavy atom. The van der Waals surface area contributed by atoms with Crippen LogP contribution in [-0.4, -0.2) is 22.1 Å². The van der Waals surface area contributed by atoms with Gasteiger partial charge in [0.1, 0.15) is 5.69 Å². The first-order chi connectivity index (χ1) is 12.0. The van der Waals surface area contributed by atoms with Gasteiger partial charge in [0, 0.05) is 30.3 Å². The Balaban J connectivity index is 1.93. The van der Waals surface area contributed by atoms with E-state index < -0.39 is 15.5 Å². The van der Waals surface area contributed by atoms with Crippen molar-refractivity contribution in [1.82, 2.24) is 0 Å². The first-order valence-electron chi connectivity index (χ1n) is 7.56. The van der Waals surface area contributed by atoms with Crippen molar-refractivity contribution in [2.24, 2.45) is 5.10 Å². The van der Waals surface area contributed by atoms with Crippen LogP contribution in [-0.2, 0) is 0 Å². The van der Waals surface area contributed by atoms with E-state index >= 15 is 0 Å². The maximum atomic E-state index is 11.2. The number of nitrogens with one attached hydrogen (secondary N) is 2. The van der Waals surface area contributed by atoms with Crippen LogP contribution in [0.4, 0.5) is 22.7 Å². The van der Waals surface area contributed by atoms with Gasteiger partial charge in [-0.05, 0) is 24.6 Å². The van der Waals surface area contributed by atoms with Crippen LogP contribution in [0, 0.1) is 27.2 Å². The highest BCUT2D eigenvalue weighted by Crippen LogP contribution is 2.30. The summed E-state index contributed by atoms with van der Waals surface area (Å²) in [4.78, 5) is 20.6. The first-order valence-corrected chi connectivity index (χ1v) is 7.56. The van der Waals surface area contributed by atoms with Gasteiger partial charge in [0.2, 0.25) is 0 Å². The molecule has 0 amide bonds. The third kappa shape index (κ3) is 3.39. The zero-order chi connectivity index (χ0) is 18.0. The van der Waals surface area contributed by atoms with Crippen molar-refractivity contribution in [3.63, 3.8) is 0 Å². The number of anilines is 2. The van der Waals surface area contributed by atoms with Gasteiger partial charge in [0.25, 0.3) is 5.69 Å². The van der Waals surface area contributed by atoms with E-state index in [-0.39, 0.29) is 11.4 Å². The van der Waals surface area contributed by atoms with E-state index in [4.69, 9.17) is 0 Å². The molecule has 0 aliphatic carbocycles. The fraction of sp³-hybridized carbons (Fsp3) is 0.188. The van der Waals surface area contributed by atoms with Crippen LogP contribution in [0.2, 0.25) is 0 Å². The second-order valence-electron chi connectivity index (χ2n) is 5.61. The minimum atomic E-state index is -0.673. The molecule has 25 heavy (non-hydrogen) atoms. The Morgan fingerprint density at radius 2 is 1.92 bits per heavy atom. The fourth-order valence-corrected chi connectivity index (χ4v) is 2.63. The zero-order valence-electron chi connectivity index (χ0n) is 13.4. The number of fused-ring (bicyclic) bond motifs is 1. The van der Waals surface area contributed by atoms with Gasteiger partial charge < -0.3 is 5.32 Å². The third-order valence-corrected chi connectivity index (χ3v) is 3.86. The number of hydrogen-bond acceptors (Lipinski definition) is 7. The molecule has 9 nitrogen and oxygen atoms in total. The summed E-state index contributed by atoms with van der Waals surface area (Å²) in [6.07, 6.45) is 0.657. The van der Waals surface area contributed by atoms with Crippen LogP contribution in [0.3, 0.4) is 0 Å². The lowest BCUT2D eigenvalue weighted by Crippen LogP contribution is -2.19. The highest BCUT2D eigenvalue weighted by molar-refractivity contribution is 6.07. The third-order valence-electron chi connectivity index (χ3n) is 3.86. The molecule has 3 rings (SSSR count). The number of hydrazone groups is 1. The minimum absolute atomic E-state index is 0.107. The van der Waals surface area contributed by atoms with Gasteiger partial charge in [-0.1, -0.05) is 12.1 Å². The lowest BCUT2D eigenvalue weighted by atomic mass is 10.00. The maximum absolute atomic E-state index is 11.2. The smallest absolute Gasteiger partial charge is 0.301 e. The number of hydrogen-bond donors (Lipinski definition) is 2. The summed E-state index contributed by atoms with van der Waals surface area (Å²) < 4.78 is 0. The molecule has 9 heteroatoms. The van der Waals surface area contributed by atoms with Crippen molar-refractivity contribution in [1.29, 1.82) is 0 Å². The van der Waals surface area contributed by atoms with Gasteiger partial charge in [-0.3, -0.25) is 25.7 Å². The fourth-order valence-electron chi connectivity index (χ4n) is 2.63. The van der Waals surface area contributed by atoms with Crippen molar-refractivity contribution in [2.75, 3.05) is 17.3 Å². The molecule has 0 spiro atoms. The summed E-state index contributed by atoms with van der Waals surface area (Å²) in [7, 11) is 0. The van der Waals surface area contributed by atoms with Crippen LogP contribution in [0.1, 0.15) is 17.5 Å². The van der Waals surface area contributed by atoms with E-state index in [1.165, 1.54) is 12.1 Å². The van der Waals surface area contributed by atoms with Crippen LogP contribution in [0.5, 0.6) is 0 Å². The summed E-state index contributed by atoms with van der Waals surface area (Å²) in [5, 5.41) is 29.5. The minimum Gasteiger partial charge on any atom is -0.384 e. The van der Waals surface area contributed by atoms with Crippen LogP contribution in [0.25, 0.3) is 0 Å². The number of benzene rings is 2. The highest BCUT2D eigenvalue weighted by atomic mass is 16.6. The SMILES string of the molecule is Cc1ccc2c(c1)NCCC2=NNc1ccc([N+](=O)[O-])cc1[N+](=O)[O-]. The van der Waals surface area contributed by atoms with Gasteiger partial charge in [-0.2, -0.15) is 5.10 Å². The van der Waals surface area contributed by atoms with Crippen LogP contribution >= 0.6 is 0 Å². The molecule has 1 aliphatic heterocycles. The standard InChI is InChI=1S/C16H15N5O4/c1-10-2-4-12-13(6-7-17-15(12)8-10)18-19-14-5-3-11(20(22)23)9-16(14)21(24)25/h2-5,8-9,17,19H,6-7H2,1H3. The van der Waals surface area contributed by atoms with Crippen molar-refractivity contribution in [2.45, 2.75) is 13.3 Å². The van der Waals surface area contributed by atoms with Crippen LogP contribution < -0.4 is 10.7 Å². The van der Waals surface area contributed by atoms with Gasteiger partial charge in [-0.25, -0.2) is 0 Å². The lowest BCUT2D eigenvalue weighted by molar-refractivity contribution is -0.393. The number of aryl methyl sites for hydroxylation is 1. The monoisotopic (exact) mass is 341 g/mol. The molecule has 128 valence electrons. The number of rotatable bonds is 4. The van der Waals surface area contributed by atoms with E-state index in [9.17, 15) is 20.2 Å². The molecule has 2 N–H and O–H groups in total. The summed E-state index contributed by atoms with van der Waals surface area (Å²) >= 11 is 0. The molecule has 0 fully saturated rings. The summed E-state index contributed by atoms with van der Waals surface area (Å²) in [6, 6.07) is 9.34. The maximum Gasteiger partial charge on any atom is 0.301 e. The molecule has 0 radical (unpaired) electrons. The Morgan fingerprint density at radius 1 is 1.12 bits per heavy atom. The molecule has 1 aliphatic rings. The van der Waals surface area contributed by atoms with Gasteiger partial charge in [0.15, 0.2) is 0 Å². The summed E-state index contributed by atoms with van der Waals surface area (Å²) in [5.74, 6) is 0. The molecule has 0 unspecified atom stereocenters. The quantitative estimate of drug-likeness (QED) is 0.648. The summed E-state index contributed by atoms with van der Waals surface area (Å²) in [5.41, 5.74) is 5.83. The molecular formula is C16H15N5O4. The number of nitrogens with zero attached hydrogens (tertiary/aromatic N) is 3. The van der Waals surface area contributed by atoms with Crippen molar-refractivity contribution < 1.29 is 9.85 Å². The molecule has 0 bridgehead atoms. The lowest BCUT2D eigenvalue weighted by Gasteiger charge is -2.20. The van der Waals surface area contributed by atoms with Gasteiger partial charge in [-0.15, -0.1) is 0 Å². The molecule has 1 heterocycles. The largest absolute Gasteiger partial charge is 0.384 e. The highest BCUT2D eigenvalue weighted by Gasteiger charge is 2.20. The first kappa shape index (κ1) is 16.4. The van der Waals surface area contributed by atoms with E-state index in [1.54, 1.807) is 0 Å². The zero-order valence-corrected chi connectivity index (χ0v) is 13.4. The average molecular weight is 341 g/mol. The summed E-state index contributed by atoms with van der Waals surface area (Å²) in [6.45, 7) is 2.70. The number of non-ortho nitro benzene ring substituents is 1. The van der Waals surface area contributed by atoms with E-state index in [2.05, 4.69) is 15.8 Å². The topological polar surface area (TPSA) is 123 Å².